The summed E-state index contributed by atoms with van der Waals surface area (Å²) >= 11 is 0. The second-order valence-electron chi connectivity index (χ2n) is 4.93. The lowest BCUT2D eigenvalue weighted by Gasteiger charge is -2.50. The number of ether oxygens (including phenoxy) is 2. The zero-order valence-corrected chi connectivity index (χ0v) is 8.65. The fraction of sp³-hybridized carbons (Fsp3) is 0.909. The van der Waals surface area contributed by atoms with Crippen molar-refractivity contribution in [2.75, 3.05) is 13.2 Å². The molecule has 1 saturated heterocycles. The van der Waals surface area contributed by atoms with E-state index in [1.54, 1.807) is 0 Å². The molecule has 2 bridgehead atoms. The molecule has 1 heterocycles. The quantitative estimate of drug-likeness (QED) is 0.710. The van der Waals surface area contributed by atoms with Gasteiger partial charge in [0.1, 0.15) is 0 Å². The molecule has 4 rings (SSSR count). The van der Waals surface area contributed by atoms with E-state index in [0.29, 0.717) is 19.1 Å². The Kier molecular flexibility index (Phi) is 2.04. The number of carboxylic acid groups (broad SMARTS) is 1. The van der Waals surface area contributed by atoms with Crippen LogP contribution in [0.4, 0.5) is 0 Å². The fourth-order valence-electron chi connectivity index (χ4n) is 3.54. The summed E-state index contributed by atoms with van der Waals surface area (Å²) in [6.07, 6.45) is 3.61. The number of carbonyl (C=O) groups is 1. The molecular weight excluding hydrogens is 196 g/mol. The first-order chi connectivity index (χ1) is 7.21. The Hall–Kier alpha value is -0.610. The lowest BCUT2D eigenvalue weighted by Crippen LogP contribution is -2.53. The standard InChI is InChI=1S/C11H16O4/c12-10(13)9-5-8-2-1-7(9)6-11(8)14-3-4-15-11/h7-9H,1-6H2,(H,12,13)/t7-,8-,9-/m1/s1. The van der Waals surface area contributed by atoms with Gasteiger partial charge in [0.25, 0.3) is 0 Å². The highest BCUT2D eigenvalue weighted by Gasteiger charge is 2.56. The zero-order chi connectivity index (χ0) is 10.5. The lowest BCUT2D eigenvalue weighted by atomic mass is 9.61. The van der Waals surface area contributed by atoms with Crippen LogP contribution in [0, 0.1) is 17.8 Å². The predicted octanol–water partition coefficient (Wildman–Crippen LogP) is 1.25. The maximum absolute atomic E-state index is 11.1. The summed E-state index contributed by atoms with van der Waals surface area (Å²) in [4.78, 5) is 11.1. The van der Waals surface area contributed by atoms with Crippen molar-refractivity contribution in [1.82, 2.24) is 0 Å². The van der Waals surface area contributed by atoms with Crippen LogP contribution in [0.1, 0.15) is 25.7 Å². The molecule has 0 aromatic rings. The number of hydrogen-bond donors (Lipinski definition) is 1. The van der Waals surface area contributed by atoms with E-state index in [2.05, 4.69) is 0 Å². The lowest BCUT2D eigenvalue weighted by molar-refractivity contribution is -0.249. The number of fused-ring (bicyclic) bond motifs is 2. The van der Waals surface area contributed by atoms with Crippen molar-refractivity contribution >= 4 is 5.97 Å². The van der Waals surface area contributed by atoms with E-state index < -0.39 is 11.8 Å². The Morgan fingerprint density at radius 2 is 2.00 bits per heavy atom. The van der Waals surface area contributed by atoms with Gasteiger partial charge in [0.15, 0.2) is 5.79 Å². The van der Waals surface area contributed by atoms with E-state index in [1.807, 2.05) is 0 Å². The minimum atomic E-state index is -0.641. The maximum Gasteiger partial charge on any atom is 0.306 e. The Morgan fingerprint density at radius 1 is 1.27 bits per heavy atom. The van der Waals surface area contributed by atoms with Gasteiger partial charge in [0.2, 0.25) is 0 Å². The summed E-state index contributed by atoms with van der Waals surface area (Å²) in [6.45, 7) is 1.34. The van der Waals surface area contributed by atoms with Gasteiger partial charge in [-0.2, -0.15) is 0 Å². The molecule has 0 amide bonds. The molecule has 3 aliphatic carbocycles. The topological polar surface area (TPSA) is 55.8 Å². The van der Waals surface area contributed by atoms with E-state index in [4.69, 9.17) is 14.6 Å². The largest absolute Gasteiger partial charge is 0.481 e. The van der Waals surface area contributed by atoms with Crippen molar-refractivity contribution in [3.63, 3.8) is 0 Å². The summed E-state index contributed by atoms with van der Waals surface area (Å²) in [5.41, 5.74) is 0. The monoisotopic (exact) mass is 212 g/mol. The molecule has 4 fully saturated rings. The van der Waals surface area contributed by atoms with Crippen LogP contribution in [0.15, 0.2) is 0 Å². The molecule has 3 saturated carbocycles. The molecular formula is C11H16O4. The van der Waals surface area contributed by atoms with Crippen LogP contribution in [0.3, 0.4) is 0 Å². The predicted molar refractivity (Wildman–Crippen MR) is 51.2 cm³/mol. The normalized spacial score (nSPS) is 42.3. The average molecular weight is 212 g/mol. The summed E-state index contributed by atoms with van der Waals surface area (Å²) in [5.74, 6) is -0.661. The highest BCUT2D eigenvalue weighted by atomic mass is 16.7. The molecule has 0 aromatic heterocycles. The Morgan fingerprint density at radius 3 is 2.53 bits per heavy atom. The third-order valence-corrected chi connectivity index (χ3v) is 4.26. The van der Waals surface area contributed by atoms with Crippen molar-refractivity contribution in [2.45, 2.75) is 31.5 Å². The number of rotatable bonds is 1. The first-order valence-corrected chi connectivity index (χ1v) is 5.72. The van der Waals surface area contributed by atoms with Gasteiger partial charge in [-0.05, 0) is 25.2 Å². The van der Waals surface area contributed by atoms with Crippen LogP contribution in [-0.4, -0.2) is 30.1 Å². The Bertz CT molecular complexity index is 282. The SMILES string of the molecule is O=C(O)[C@@H]1C[C@H]2CC[C@@H]1CC21OCCO1. The third-order valence-electron chi connectivity index (χ3n) is 4.26. The molecule has 1 aliphatic heterocycles. The summed E-state index contributed by atoms with van der Waals surface area (Å²) in [7, 11) is 0. The maximum atomic E-state index is 11.1. The van der Waals surface area contributed by atoms with Crippen molar-refractivity contribution in [3.8, 4) is 0 Å². The molecule has 1 spiro atoms. The first-order valence-electron chi connectivity index (χ1n) is 5.72. The minimum absolute atomic E-state index is 0.165. The van der Waals surface area contributed by atoms with Gasteiger partial charge in [-0.25, -0.2) is 0 Å². The summed E-state index contributed by atoms with van der Waals surface area (Å²) < 4.78 is 11.5. The molecule has 15 heavy (non-hydrogen) atoms. The van der Waals surface area contributed by atoms with Crippen molar-refractivity contribution < 1.29 is 19.4 Å². The van der Waals surface area contributed by atoms with Gasteiger partial charge in [0, 0.05) is 12.3 Å². The molecule has 0 aromatic carbocycles. The zero-order valence-electron chi connectivity index (χ0n) is 8.65. The van der Waals surface area contributed by atoms with E-state index in [9.17, 15) is 4.79 Å². The Balaban J connectivity index is 1.83. The number of hydrogen-bond acceptors (Lipinski definition) is 3. The molecule has 4 heteroatoms. The molecule has 4 nitrogen and oxygen atoms in total. The van der Waals surface area contributed by atoms with Crippen LogP contribution in [-0.2, 0) is 14.3 Å². The average Bonchev–Trinajstić information content (AvgIpc) is 2.67. The fourth-order valence-corrected chi connectivity index (χ4v) is 3.54. The van der Waals surface area contributed by atoms with Crippen LogP contribution in [0.5, 0.6) is 0 Å². The van der Waals surface area contributed by atoms with Crippen molar-refractivity contribution in [1.29, 1.82) is 0 Å². The van der Waals surface area contributed by atoms with Crippen LogP contribution >= 0.6 is 0 Å². The van der Waals surface area contributed by atoms with E-state index >= 15 is 0 Å². The smallest absolute Gasteiger partial charge is 0.306 e. The van der Waals surface area contributed by atoms with Crippen molar-refractivity contribution in [3.05, 3.63) is 0 Å². The molecule has 0 radical (unpaired) electrons. The van der Waals surface area contributed by atoms with Gasteiger partial charge in [-0.15, -0.1) is 0 Å². The van der Waals surface area contributed by atoms with Gasteiger partial charge in [0.05, 0.1) is 19.1 Å². The molecule has 4 aliphatic rings. The van der Waals surface area contributed by atoms with Crippen molar-refractivity contribution in [2.24, 2.45) is 17.8 Å². The Labute approximate surface area is 88.6 Å². The minimum Gasteiger partial charge on any atom is -0.481 e. The van der Waals surface area contributed by atoms with Gasteiger partial charge in [-0.1, -0.05) is 0 Å². The van der Waals surface area contributed by atoms with Crippen LogP contribution < -0.4 is 0 Å². The highest BCUT2D eigenvalue weighted by Crippen LogP contribution is 2.53. The second kappa shape index (κ2) is 3.19. The van der Waals surface area contributed by atoms with Gasteiger partial charge < -0.3 is 14.6 Å². The third kappa shape index (κ3) is 1.31. The van der Waals surface area contributed by atoms with Crippen LogP contribution in [0.25, 0.3) is 0 Å². The summed E-state index contributed by atoms with van der Waals surface area (Å²) in [5, 5.41) is 9.11. The summed E-state index contributed by atoms with van der Waals surface area (Å²) in [6, 6.07) is 0. The van der Waals surface area contributed by atoms with E-state index in [0.717, 1.165) is 25.7 Å². The second-order valence-corrected chi connectivity index (χ2v) is 4.93. The van der Waals surface area contributed by atoms with Gasteiger partial charge >= 0.3 is 5.97 Å². The van der Waals surface area contributed by atoms with E-state index in [-0.39, 0.29) is 11.8 Å². The van der Waals surface area contributed by atoms with Crippen LogP contribution in [0.2, 0.25) is 0 Å². The molecule has 0 unspecified atom stereocenters. The number of aliphatic carboxylic acids is 1. The number of carboxylic acids is 1. The van der Waals surface area contributed by atoms with E-state index in [1.165, 1.54) is 0 Å². The molecule has 3 atom stereocenters. The first kappa shape index (κ1) is 9.60. The van der Waals surface area contributed by atoms with Gasteiger partial charge in [-0.3, -0.25) is 4.79 Å². The molecule has 84 valence electrons. The highest BCUT2D eigenvalue weighted by molar-refractivity contribution is 5.70. The molecule has 1 N–H and O–H groups in total.